The molecule has 5 rings (SSSR count). The topological polar surface area (TPSA) is 83.0 Å². The highest BCUT2D eigenvalue weighted by Gasteiger charge is 2.23. The molecule has 0 saturated heterocycles. The SMILES string of the molecule is CCCn1c(SCc2nc(-c3ccccc3OCC)no2)nc2sc3c(c2c1=O)CCC3. The zero-order chi connectivity index (χ0) is 22.1. The van der Waals surface area contributed by atoms with Crippen LogP contribution in [0.3, 0.4) is 0 Å². The smallest absolute Gasteiger partial charge is 0.263 e. The lowest BCUT2D eigenvalue weighted by molar-refractivity contribution is 0.341. The molecule has 166 valence electrons. The summed E-state index contributed by atoms with van der Waals surface area (Å²) < 4.78 is 13.0. The summed E-state index contributed by atoms with van der Waals surface area (Å²) in [5.74, 6) is 2.15. The Morgan fingerprint density at radius 1 is 1.22 bits per heavy atom. The summed E-state index contributed by atoms with van der Waals surface area (Å²) in [7, 11) is 0. The van der Waals surface area contributed by atoms with E-state index in [9.17, 15) is 4.79 Å². The molecule has 0 amide bonds. The summed E-state index contributed by atoms with van der Waals surface area (Å²) in [6.45, 7) is 5.22. The Morgan fingerprint density at radius 2 is 2.09 bits per heavy atom. The second kappa shape index (κ2) is 9.07. The van der Waals surface area contributed by atoms with Gasteiger partial charge in [-0.2, -0.15) is 4.98 Å². The van der Waals surface area contributed by atoms with Crippen molar-refractivity contribution >= 4 is 33.3 Å². The molecule has 0 bridgehead atoms. The molecule has 0 radical (unpaired) electrons. The average Bonchev–Trinajstić information content (AvgIpc) is 3.51. The van der Waals surface area contributed by atoms with Crippen LogP contribution in [0.2, 0.25) is 0 Å². The van der Waals surface area contributed by atoms with Crippen LogP contribution in [0, 0.1) is 0 Å². The van der Waals surface area contributed by atoms with E-state index in [1.165, 1.54) is 22.2 Å². The maximum Gasteiger partial charge on any atom is 0.263 e. The van der Waals surface area contributed by atoms with Crippen molar-refractivity contribution in [2.75, 3.05) is 6.61 Å². The fourth-order valence-corrected chi connectivity index (χ4v) is 6.24. The average molecular weight is 469 g/mol. The Bertz CT molecular complexity index is 1320. The standard InChI is InChI=1S/C23H24N4O3S2/c1-3-12-27-22(28)19-15-9-7-11-17(15)32-21(19)25-23(27)31-13-18-24-20(26-30-18)14-8-5-6-10-16(14)29-4-2/h5-6,8,10H,3-4,7,9,11-13H2,1-2H3. The lowest BCUT2D eigenvalue weighted by Gasteiger charge is -2.10. The Labute approximate surface area is 193 Å². The second-order valence-corrected chi connectivity index (χ2v) is 9.64. The largest absolute Gasteiger partial charge is 0.493 e. The fraction of sp³-hybridized carbons (Fsp3) is 0.391. The number of hydrogen-bond donors (Lipinski definition) is 0. The summed E-state index contributed by atoms with van der Waals surface area (Å²) in [4.78, 5) is 24.9. The molecule has 0 atom stereocenters. The monoisotopic (exact) mass is 468 g/mol. The number of aromatic nitrogens is 4. The second-order valence-electron chi connectivity index (χ2n) is 7.62. The first-order valence-electron chi connectivity index (χ1n) is 10.9. The molecule has 0 aliphatic heterocycles. The van der Waals surface area contributed by atoms with Crippen molar-refractivity contribution in [1.82, 2.24) is 19.7 Å². The van der Waals surface area contributed by atoms with Crippen LogP contribution in [0.5, 0.6) is 5.75 Å². The van der Waals surface area contributed by atoms with Crippen LogP contribution in [-0.4, -0.2) is 26.3 Å². The van der Waals surface area contributed by atoms with Crippen LogP contribution in [0.25, 0.3) is 21.6 Å². The van der Waals surface area contributed by atoms with Crippen LogP contribution >= 0.6 is 23.1 Å². The molecule has 4 aromatic rings. The third kappa shape index (κ3) is 3.84. The van der Waals surface area contributed by atoms with Crippen LogP contribution in [0.4, 0.5) is 0 Å². The highest BCUT2D eigenvalue weighted by Crippen LogP contribution is 2.36. The van der Waals surface area contributed by atoms with Gasteiger partial charge in [0, 0.05) is 11.4 Å². The van der Waals surface area contributed by atoms with E-state index in [2.05, 4.69) is 17.1 Å². The van der Waals surface area contributed by atoms with Gasteiger partial charge in [0.05, 0.1) is 23.3 Å². The maximum absolute atomic E-state index is 13.3. The van der Waals surface area contributed by atoms with Gasteiger partial charge in [-0.1, -0.05) is 36.0 Å². The number of fused-ring (bicyclic) bond motifs is 3. The van der Waals surface area contributed by atoms with Crippen molar-refractivity contribution < 1.29 is 9.26 Å². The van der Waals surface area contributed by atoms with Crippen LogP contribution in [-0.2, 0) is 25.1 Å². The first-order chi connectivity index (χ1) is 15.7. The first kappa shape index (κ1) is 21.2. The van der Waals surface area contributed by atoms with Gasteiger partial charge in [0.25, 0.3) is 5.56 Å². The molecule has 1 aromatic carbocycles. The molecule has 0 spiro atoms. The zero-order valence-electron chi connectivity index (χ0n) is 18.1. The zero-order valence-corrected chi connectivity index (χ0v) is 19.7. The normalized spacial score (nSPS) is 13.1. The van der Waals surface area contributed by atoms with Crippen LogP contribution in [0.15, 0.2) is 38.7 Å². The summed E-state index contributed by atoms with van der Waals surface area (Å²) in [6, 6.07) is 7.64. The number of aryl methyl sites for hydroxylation is 2. The molecule has 9 heteroatoms. The molecule has 3 heterocycles. The van der Waals surface area contributed by atoms with Gasteiger partial charge in [-0.3, -0.25) is 9.36 Å². The fourth-order valence-electron chi connectivity index (χ4n) is 4.07. The van der Waals surface area contributed by atoms with E-state index in [1.807, 2.05) is 31.2 Å². The molecule has 0 saturated carbocycles. The quantitative estimate of drug-likeness (QED) is 0.263. The summed E-state index contributed by atoms with van der Waals surface area (Å²) in [5, 5.41) is 5.67. The van der Waals surface area contributed by atoms with Gasteiger partial charge in [0.2, 0.25) is 11.7 Å². The molecule has 1 aliphatic rings. The number of ether oxygens (including phenoxy) is 1. The summed E-state index contributed by atoms with van der Waals surface area (Å²) >= 11 is 3.13. The molecular formula is C23H24N4O3S2. The van der Waals surface area contributed by atoms with Crippen molar-refractivity contribution in [2.24, 2.45) is 0 Å². The van der Waals surface area contributed by atoms with E-state index < -0.39 is 0 Å². The molecule has 1 aliphatic carbocycles. The predicted octanol–water partition coefficient (Wildman–Crippen LogP) is 5.10. The molecule has 32 heavy (non-hydrogen) atoms. The van der Waals surface area contributed by atoms with Gasteiger partial charge in [-0.15, -0.1) is 11.3 Å². The minimum atomic E-state index is 0.0793. The summed E-state index contributed by atoms with van der Waals surface area (Å²) in [6.07, 6.45) is 4.04. The third-order valence-corrected chi connectivity index (χ3v) is 7.60. The van der Waals surface area contributed by atoms with Crippen molar-refractivity contribution in [2.45, 2.75) is 57.0 Å². The van der Waals surface area contributed by atoms with Crippen LogP contribution in [0.1, 0.15) is 43.0 Å². The Balaban J connectivity index is 1.43. The molecule has 0 unspecified atom stereocenters. The molecule has 7 nitrogen and oxygen atoms in total. The lowest BCUT2D eigenvalue weighted by atomic mass is 10.2. The summed E-state index contributed by atoms with van der Waals surface area (Å²) in [5.41, 5.74) is 2.10. The van der Waals surface area contributed by atoms with Gasteiger partial charge in [0.1, 0.15) is 10.6 Å². The van der Waals surface area contributed by atoms with Crippen molar-refractivity contribution in [3.8, 4) is 17.1 Å². The molecule has 0 N–H and O–H groups in total. The Hall–Kier alpha value is -2.65. The van der Waals surface area contributed by atoms with E-state index in [1.54, 1.807) is 15.9 Å². The van der Waals surface area contributed by atoms with E-state index in [4.69, 9.17) is 14.2 Å². The molecule has 0 fully saturated rings. The number of nitrogens with zero attached hydrogens (tertiary/aromatic N) is 4. The van der Waals surface area contributed by atoms with Gasteiger partial charge < -0.3 is 9.26 Å². The Morgan fingerprint density at radius 3 is 2.94 bits per heavy atom. The minimum Gasteiger partial charge on any atom is -0.493 e. The number of thiophene rings is 1. The predicted molar refractivity (Wildman–Crippen MR) is 127 cm³/mol. The molecule has 3 aromatic heterocycles. The van der Waals surface area contributed by atoms with E-state index >= 15 is 0 Å². The van der Waals surface area contributed by atoms with E-state index in [-0.39, 0.29) is 5.56 Å². The van der Waals surface area contributed by atoms with E-state index in [0.29, 0.717) is 35.8 Å². The maximum atomic E-state index is 13.3. The minimum absolute atomic E-state index is 0.0793. The van der Waals surface area contributed by atoms with Gasteiger partial charge in [-0.05, 0) is 50.3 Å². The van der Waals surface area contributed by atoms with Crippen LogP contribution < -0.4 is 10.3 Å². The van der Waals surface area contributed by atoms with Crippen molar-refractivity contribution in [3.05, 3.63) is 51.0 Å². The van der Waals surface area contributed by atoms with Gasteiger partial charge in [-0.25, -0.2) is 4.98 Å². The van der Waals surface area contributed by atoms with Crippen molar-refractivity contribution in [1.29, 1.82) is 0 Å². The third-order valence-electron chi connectivity index (χ3n) is 5.46. The number of hydrogen-bond acceptors (Lipinski definition) is 8. The number of benzene rings is 1. The Kier molecular flexibility index (Phi) is 6.01. The lowest BCUT2D eigenvalue weighted by Crippen LogP contribution is -2.23. The van der Waals surface area contributed by atoms with Crippen molar-refractivity contribution in [3.63, 3.8) is 0 Å². The molecular weight excluding hydrogens is 444 g/mol. The highest BCUT2D eigenvalue weighted by atomic mass is 32.2. The number of para-hydroxylation sites is 1. The number of rotatable bonds is 8. The number of thioether (sulfide) groups is 1. The first-order valence-corrected chi connectivity index (χ1v) is 12.7. The highest BCUT2D eigenvalue weighted by molar-refractivity contribution is 7.98. The van der Waals surface area contributed by atoms with E-state index in [0.717, 1.165) is 47.2 Å². The van der Waals surface area contributed by atoms with Gasteiger partial charge in [0.15, 0.2) is 5.16 Å². The van der Waals surface area contributed by atoms with Gasteiger partial charge >= 0.3 is 0 Å².